The minimum Gasteiger partial charge on any atom is -0.332 e. The molecule has 6 heteroatoms. The molecule has 2 amide bonds. The first-order valence-corrected chi connectivity index (χ1v) is 4.93. The number of hydrogen-bond acceptors (Lipinski definition) is 2. The second-order valence-electron chi connectivity index (χ2n) is 3.36. The van der Waals surface area contributed by atoms with Crippen LogP contribution in [-0.4, -0.2) is 24.8 Å². The van der Waals surface area contributed by atoms with Crippen molar-refractivity contribution in [1.29, 1.82) is 0 Å². The Balaban J connectivity index is 2.51. The molecule has 92 valence electrons. The van der Waals surface area contributed by atoms with Crippen molar-refractivity contribution in [3.63, 3.8) is 0 Å². The average Bonchev–Trinajstić information content (AvgIpc) is 2.27. The number of rotatable bonds is 4. The van der Waals surface area contributed by atoms with E-state index in [2.05, 4.69) is 5.32 Å². The molecule has 1 aromatic rings. The van der Waals surface area contributed by atoms with Crippen molar-refractivity contribution in [2.24, 2.45) is 0 Å². The van der Waals surface area contributed by atoms with E-state index in [1.165, 1.54) is 19.1 Å². The number of hydrogen-bond donors (Lipinski definition) is 2. The zero-order chi connectivity index (χ0) is 12.8. The van der Waals surface area contributed by atoms with Gasteiger partial charge in [-0.3, -0.25) is 4.79 Å². The first-order valence-electron chi connectivity index (χ1n) is 4.93. The molecular formula is C11H12F2N2O2. The van der Waals surface area contributed by atoms with Crippen LogP contribution in [0, 0.1) is 0 Å². The average molecular weight is 242 g/mol. The number of urea groups is 1. The fourth-order valence-electron chi connectivity index (χ4n) is 1.13. The van der Waals surface area contributed by atoms with E-state index in [4.69, 9.17) is 0 Å². The highest BCUT2D eigenvalue weighted by Gasteiger charge is 2.06. The summed E-state index contributed by atoms with van der Waals surface area (Å²) in [5.41, 5.74) is 0.949. The summed E-state index contributed by atoms with van der Waals surface area (Å²) in [6, 6.07) is 5.44. The first kappa shape index (κ1) is 13.1. The molecule has 0 aliphatic heterocycles. The first-order chi connectivity index (χ1) is 7.99. The maximum Gasteiger partial charge on any atom is 0.319 e. The van der Waals surface area contributed by atoms with Crippen molar-refractivity contribution in [2.75, 3.05) is 11.9 Å². The molecule has 0 saturated heterocycles. The standard InChI is InChI=1S/C11H12F2N2O2/c1-7(16)8-2-4-9(5-3-8)15-11(17)14-6-10(12)13/h2-5,10H,6H2,1H3,(H2,14,15,17). The summed E-state index contributed by atoms with van der Waals surface area (Å²) in [4.78, 5) is 22.1. The highest BCUT2D eigenvalue weighted by Crippen LogP contribution is 2.09. The zero-order valence-corrected chi connectivity index (χ0v) is 9.17. The van der Waals surface area contributed by atoms with Crippen LogP contribution in [0.3, 0.4) is 0 Å². The van der Waals surface area contributed by atoms with Gasteiger partial charge in [0.2, 0.25) is 0 Å². The van der Waals surface area contributed by atoms with Gasteiger partial charge in [0.25, 0.3) is 6.43 Å². The summed E-state index contributed by atoms with van der Waals surface area (Å²) < 4.78 is 23.6. The monoisotopic (exact) mass is 242 g/mol. The van der Waals surface area contributed by atoms with Crippen LogP contribution in [0.15, 0.2) is 24.3 Å². The summed E-state index contributed by atoms with van der Waals surface area (Å²) in [7, 11) is 0. The lowest BCUT2D eigenvalue weighted by atomic mass is 10.1. The third-order valence-electron chi connectivity index (χ3n) is 1.97. The van der Waals surface area contributed by atoms with Gasteiger partial charge >= 0.3 is 6.03 Å². The molecule has 0 bridgehead atoms. The molecule has 0 radical (unpaired) electrons. The number of halogens is 2. The molecule has 17 heavy (non-hydrogen) atoms. The topological polar surface area (TPSA) is 58.2 Å². The van der Waals surface area contributed by atoms with E-state index in [-0.39, 0.29) is 5.78 Å². The summed E-state index contributed by atoms with van der Waals surface area (Å²) in [5, 5.41) is 4.37. The second kappa shape index (κ2) is 5.93. The number of amides is 2. The van der Waals surface area contributed by atoms with Crippen molar-refractivity contribution in [2.45, 2.75) is 13.3 Å². The van der Waals surface area contributed by atoms with Gasteiger partial charge in [0.15, 0.2) is 5.78 Å². The van der Waals surface area contributed by atoms with Crippen molar-refractivity contribution < 1.29 is 18.4 Å². The van der Waals surface area contributed by atoms with E-state index in [1.807, 2.05) is 5.32 Å². The molecule has 0 heterocycles. The number of ketones is 1. The van der Waals surface area contributed by atoms with Gasteiger partial charge < -0.3 is 10.6 Å². The summed E-state index contributed by atoms with van der Waals surface area (Å²) in [6.45, 7) is 0.731. The Bertz CT molecular complexity index is 404. The molecular weight excluding hydrogens is 230 g/mol. The third kappa shape index (κ3) is 4.58. The predicted molar refractivity (Wildman–Crippen MR) is 59.5 cm³/mol. The quantitative estimate of drug-likeness (QED) is 0.796. The Labute approximate surface area is 97.0 Å². The molecule has 0 aromatic heterocycles. The molecule has 1 rings (SSSR count). The van der Waals surface area contributed by atoms with Gasteiger partial charge in [0.1, 0.15) is 0 Å². The highest BCUT2D eigenvalue weighted by atomic mass is 19.3. The van der Waals surface area contributed by atoms with Crippen LogP contribution < -0.4 is 10.6 Å². The van der Waals surface area contributed by atoms with Gasteiger partial charge in [-0.2, -0.15) is 0 Å². The number of benzene rings is 1. The second-order valence-corrected chi connectivity index (χ2v) is 3.36. The molecule has 1 aromatic carbocycles. The maximum atomic E-state index is 11.8. The van der Waals surface area contributed by atoms with Gasteiger partial charge in [-0.25, -0.2) is 13.6 Å². The van der Waals surface area contributed by atoms with Crippen LogP contribution in [0.25, 0.3) is 0 Å². The largest absolute Gasteiger partial charge is 0.332 e. The normalized spacial score (nSPS) is 10.1. The van der Waals surface area contributed by atoms with Gasteiger partial charge in [0, 0.05) is 11.3 Å². The van der Waals surface area contributed by atoms with E-state index >= 15 is 0 Å². The molecule has 0 atom stereocenters. The van der Waals surface area contributed by atoms with Crippen molar-refractivity contribution >= 4 is 17.5 Å². The molecule has 2 N–H and O–H groups in total. The fourth-order valence-corrected chi connectivity index (χ4v) is 1.13. The van der Waals surface area contributed by atoms with Crippen molar-refractivity contribution in [3.8, 4) is 0 Å². The van der Waals surface area contributed by atoms with Crippen LogP contribution in [0.4, 0.5) is 19.3 Å². The Kier molecular flexibility index (Phi) is 4.56. The molecule has 0 spiro atoms. The Morgan fingerprint density at radius 2 is 1.82 bits per heavy atom. The lowest BCUT2D eigenvalue weighted by molar-refractivity contribution is 0.101. The fraction of sp³-hybridized carbons (Fsp3) is 0.273. The Morgan fingerprint density at radius 3 is 2.29 bits per heavy atom. The molecule has 0 unspecified atom stereocenters. The van der Waals surface area contributed by atoms with E-state index in [9.17, 15) is 18.4 Å². The van der Waals surface area contributed by atoms with E-state index < -0.39 is 19.0 Å². The summed E-state index contributed by atoms with van der Waals surface area (Å²) >= 11 is 0. The highest BCUT2D eigenvalue weighted by molar-refractivity contribution is 5.95. The number of Topliss-reactive ketones (excluding diaryl/α,β-unsaturated/α-hetero) is 1. The molecule has 0 saturated carbocycles. The number of anilines is 1. The molecule has 0 fully saturated rings. The zero-order valence-electron chi connectivity index (χ0n) is 9.17. The van der Waals surface area contributed by atoms with Crippen LogP contribution in [0.1, 0.15) is 17.3 Å². The van der Waals surface area contributed by atoms with E-state index in [0.29, 0.717) is 11.3 Å². The van der Waals surface area contributed by atoms with Crippen LogP contribution in [0.2, 0.25) is 0 Å². The van der Waals surface area contributed by atoms with Crippen molar-refractivity contribution in [1.82, 2.24) is 5.32 Å². The van der Waals surface area contributed by atoms with Crippen molar-refractivity contribution in [3.05, 3.63) is 29.8 Å². The number of alkyl halides is 2. The van der Waals surface area contributed by atoms with Gasteiger partial charge in [0.05, 0.1) is 6.54 Å². The minimum atomic E-state index is -2.58. The van der Waals surface area contributed by atoms with Gasteiger partial charge in [-0.15, -0.1) is 0 Å². The minimum absolute atomic E-state index is 0.0845. The molecule has 0 aliphatic rings. The van der Waals surface area contributed by atoms with Gasteiger partial charge in [-0.1, -0.05) is 0 Å². The summed E-state index contributed by atoms with van der Waals surface area (Å²) in [5.74, 6) is -0.0845. The predicted octanol–water partition coefficient (Wildman–Crippen LogP) is 2.28. The smallest absolute Gasteiger partial charge is 0.319 e. The maximum absolute atomic E-state index is 11.8. The summed E-state index contributed by atoms with van der Waals surface area (Å²) in [6.07, 6.45) is -2.58. The molecule has 0 aliphatic carbocycles. The third-order valence-corrected chi connectivity index (χ3v) is 1.97. The lowest BCUT2D eigenvalue weighted by Gasteiger charge is -2.07. The van der Waals surface area contributed by atoms with Gasteiger partial charge in [-0.05, 0) is 31.2 Å². The van der Waals surface area contributed by atoms with E-state index in [1.54, 1.807) is 12.1 Å². The number of carbonyl (C=O) groups is 2. The molecule has 4 nitrogen and oxygen atoms in total. The number of nitrogens with one attached hydrogen (secondary N) is 2. The lowest BCUT2D eigenvalue weighted by Crippen LogP contribution is -2.32. The van der Waals surface area contributed by atoms with Crippen LogP contribution in [0.5, 0.6) is 0 Å². The van der Waals surface area contributed by atoms with E-state index in [0.717, 1.165) is 0 Å². The Hall–Kier alpha value is -1.98. The SMILES string of the molecule is CC(=O)c1ccc(NC(=O)NCC(F)F)cc1. The van der Waals surface area contributed by atoms with Crippen LogP contribution >= 0.6 is 0 Å². The Morgan fingerprint density at radius 1 is 1.24 bits per heavy atom. The number of carbonyl (C=O) groups excluding carboxylic acids is 2. The van der Waals surface area contributed by atoms with Crippen LogP contribution in [-0.2, 0) is 0 Å².